The van der Waals surface area contributed by atoms with Gasteiger partial charge in [0.25, 0.3) is 15.7 Å². The molecule has 1 aliphatic rings. The SMILES string of the molecule is Cc1ccc([N+](=O)[O-])cc1S(=O)(=O)Nc1ccc(CC(NC(=O)C2CCC(C(=O)O)CC2)C(=O)O)cc1. The second-order valence-corrected chi connectivity index (χ2v) is 10.7. The summed E-state index contributed by atoms with van der Waals surface area (Å²) in [6, 6.07) is 8.17. The lowest BCUT2D eigenvalue weighted by Gasteiger charge is -2.26. The van der Waals surface area contributed by atoms with Gasteiger partial charge in [-0.25, -0.2) is 13.2 Å². The minimum atomic E-state index is -4.13. The van der Waals surface area contributed by atoms with Crippen LogP contribution in [0.25, 0.3) is 0 Å². The van der Waals surface area contributed by atoms with Crippen molar-refractivity contribution in [3.05, 3.63) is 63.7 Å². The number of nitro benzene ring substituents is 1. The van der Waals surface area contributed by atoms with Crippen LogP contribution in [-0.4, -0.2) is 47.4 Å². The van der Waals surface area contributed by atoms with Crippen molar-refractivity contribution in [2.45, 2.75) is 50.0 Å². The Kier molecular flexibility index (Phi) is 8.48. The standard InChI is InChI=1S/C24H27N3O9S/c1-14-2-11-19(27(33)34)13-21(14)37(35,36)26-18-9-3-15(4-10-18)12-20(24(31)32)25-22(28)16-5-7-17(8-6-16)23(29)30/h2-4,9-11,13,16-17,20,26H,5-8,12H2,1H3,(H,25,28)(H,29,30)(H,31,32). The maximum Gasteiger partial charge on any atom is 0.326 e. The fourth-order valence-electron chi connectivity index (χ4n) is 4.24. The normalized spacial score (nSPS) is 18.4. The monoisotopic (exact) mass is 533 g/mol. The minimum Gasteiger partial charge on any atom is -0.481 e. The van der Waals surface area contributed by atoms with E-state index in [1.165, 1.54) is 43.3 Å². The van der Waals surface area contributed by atoms with E-state index in [-0.39, 0.29) is 22.7 Å². The summed E-state index contributed by atoms with van der Waals surface area (Å²) in [5, 5.41) is 32.2. The molecule has 3 rings (SSSR count). The van der Waals surface area contributed by atoms with Crippen molar-refractivity contribution in [2.75, 3.05) is 4.72 Å². The molecule has 0 radical (unpaired) electrons. The maximum atomic E-state index is 12.8. The summed E-state index contributed by atoms with van der Waals surface area (Å²) in [6.45, 7) is 1.51. The van der Waals surface area contributed by atoms with E-state index in [0.717, 1.165) is 6.07 Å². The van der Waals surface area contributed by atoms with Gasteiger partial charge in [-0.3, -0.25) is 24.4 Å². The summed E-state index contributed by atoms with van der Waals surface area (Å²) in [6.07, 6.45) is 1.40. The number of aryl methyl sites for hydroxylation is 1. The lowest BCUT2D eigenvalue weighted by molar-refractivity contribution is -0.385. The predicted octanol–water partition coefficient (Wildman–Crippen LogP) is 2.71. The lowest BCUT2D eigenvalue weighted by atomic mass is 9.81. The van der Waals surface area contributed by atoms with Crippen LogP contribution in [0, 0.1) is 28.9 Å². The first-order chi connectivity index (χ1) is 17.4. The second-order valence-electron chi connectivity index (χ2n) is 9.00. The molecule has 0 bridgehead atoms. The van der Waals surface area contributed by atoms with Crippen LogP contribution in [-0.2, 0) is 30.8 Å². The van der Waals surface area contributed by atoms with E-state index >= 15 is 0 Å². The molecular weight excluding hydrogens is 506 g/mol. The Morgan fingerprint density at radius 3 is 2.16 bits per heavy atom. The molecule has 1 fully saturated rings. The van der Waals surface area contributed by atoms with Crippen LogP contribution in [0.4, 0.5) is 11.4 Å². The van der Waals surface area contributed by atoms with Crippen molar-refractivity contribution in [1.82, 2.24) is 5.32 Å². The van der Waals surface area contributed by atoms with Gasteiger partial charge >= 0.3 is 11.9 Å². The quantitative estimate of drug-likeness (QED) is 0.262. The van der Waals surface area contributed by atoms with E-state index in [1.54, 1.807) is 0 Å². The Morgan fingerprint density at radius 2 is 1.62 bits per heavy atom. The number of rotatable bonds is 10. The molecule has 2 aromatic rings. The molecule has 1 amide bonds. The van der Waals surface area contributed by atoms with Gasteiger partial charge < -0.3 is 15.5 Å². The highest BCUT2D eigenvalue weighted by molar-refractivity contribution is 7.92. The number of nitro groups is 1. The van der Waals surface area contributed by atoms with Gasteiger partial charge in [-0.1, -0.05) is 18.2 Å². The molecule has 1 aliphatic carbocycles. The number of hydrogen-bond donors (Lipinski definition) is 4. The molecule has 1 atom stereocenters. The van der Waals surface area contributed by atoms with E-state index in [0.29, 0.717) is 36.8 Å². The van der Waals surface area contributed by atoms with Crippen LogP contribution in [0.1, 0.15) is 36.8 Å². The summed E-state index contributed by atoms with van der Waals surface area (Å²) in [5.41, 5.74) is 0.654. The van der Waals surface area contributed by atoms with Crippen molar-refractivity contribution in [2.24, 2.45) is 11.8 Å². The van der Waals surface area contributed by atoms with Gasteiger partial charge in [-0.2, -0.15) is 0 Å². The van der Waals surface area contributed by atoms with Gasteiger partial charge in [0.1, 0.15) is 6.04 Å². The Bertz CT molecular complexity index is 1300. The van der Waals surface area contributed by atoms with Crippen LogP contribution >= 0.6 is 0 Å². The highest BCUT2D eigenvalue weighted by atomic mass is 32.2. The Labute approximate surface area is 212 Å². The molecule has 37 heavy (non-hydrogen) atoms. The Hall–Kier alpha value is -4.00. The van der Waals surface area contributed by atoms with E-state index in [2.05, 4.69) is 10.0 Å². The van der Waals surface area contributed by atoms with Crippen molar-refractivity contribution in [3.8, 4) is 0 Å². The number of nitrogens with zero attached hydrogens (tertiary/aromatic N) is 1. The molecule has 12 nitrogen and oxygen atoms in total. The van der Waals surface area contributed by atoms with E-state index in [9.17, 15) is 38.0 Å². The molecule has 2 aromatic carbocycles. The molecular formula is C24H27N3O9S. The van der Waals surface area contributed by atoms with Crippen LogP contribution < -0.4 is 10.0 Å². The number of aliphatic carboxylic acids is 2. The van der Waals surface area contributed by atoms with Crippen molar-refractivity contribution < 1.29 is 37.9 Å². The van der Waals surface area contributed by atoms with Crippen LogP contribution in [0.3, 0.4) is 0 Å². The van der Waals surface area contributed by atoms with Crippen LogP contribution in [0.15, 0.2) is 47.4 Å². The number of amides is 1. The first-order valence-electron chi connectivity index (χ1n) is 11.5. The number of sulfonamides is 1. The van der Waals surface area contributed by atoms with Gasteiger partial charge in [0.15, 0.2) is 0 Å². The predicted molar refractivity (Wildman–Crippen MR) is 131 cm³/mol. The number of hydrogen-bond acceptors (Lipinski definition) is 7. The van der Waals surface area contributed by atoms with Crippen LogP contribution in [0.2, 0.25) is 0 Å². The molecule has 1 unspecified atom stereocenters. The zero-order valence-electron chi connectivity index (χ0n) is 19.9. The van der Waals surface area contributed by atoms with Crippen molar-refractivity contribution in [3.63, 3.8) is 0 Å². The zero-order chi connectivity index (χ0) is 27.3. The van der Waals surface area contributed by atoms with E-state index in [4.69, 9.17) is 5.11 Å². The third-order valence-corrected chi connectivity index (χ3v) is 7.90. The molecule has 0 saturated heterocycles. The van der Waals surface area contributed by atoms with Crippen LogP contribution in [0.5, 0.6) is 0 Å². The summed E-state index contributed by atoms with van der Waals surface area (Å²) in [5.74, 6) is -3.51. The fraction of sp³-hybridized carbons (Fsp3) is 0.375. The molecule has 0 heterocycles. The summed E-state index contributed by atoms with van der Waals surface area (Å²) >= 11 is 0. The van der Waals surface area contributed by atoms with Gasteiger partial charge in [0.2, 0.25) is 5.91 Å². The fourth-order valence-corrected chi connectivity index (χ4v) is 5.56. The number of non-ortho nitro benzene ring substituents is 1. The average molecular weight is 534 g/mol. The number of carboxylic acids is 2. The summed E-state index contributed by atoms with van der Waals surface area (Å²) in [4.78, 5) is 45.5. The van der Waals surface area contributed by atoms with Gasteiger partial charge in [-0.15, -0.1) is 0 Å². The maximum absolute atomic E-state index is 12.8. The average Bonchev–Trinajstić information content (AvgIpc) is 2.84. The number of nitrogens with one attached hydrogen (secondary N) is 2. The van der Waals surface area contributed by atoms with Gasteiger partial charge in [0, 0.05) is 30.2 Å². The number of carbonyl (C=O) groups is 3. The molecule has 13 heteroatoms. The third-order valence-electron chi connectivity index (χ3n) is 6.38. The Morgan fingerprint density at radius 1 is 1.03 bits per heavy atom. The van der Waals surface area contributed by atoms with Crippen molar-refractivity contribution >= 4 is 39.2 Å². The smallest absolute Gasteiger partial charge is 0.326 e. The summed E-state index contributed by atoms with van der Waals surface area (Å²) in [7, 11) is -4.13. The molecule has 198 valence electrons. The first-order valence-corrected chi connectivity index (χ1v) is 13.0. The van der Waals surface area contributed by atoms with Crippen molar-refractivity contribution in [1.29, 1.82) is 0 Å². The number of carboxylic acid groups (broad SMARTS) is 2. The number of carbonyl (C=O) groups excluding carboxylic acids is 1. The lowest BCUT2D eigenvalue weighted by Crippen LogP contribution is -2.45. The Balaban J connectivity index is 1.65. The topological polar surface area (TPSA) is 193 Å². The molecule has 1 saturated carbocycles. The summed E-state index contributed by atoms with van der Waals surface area (Å²) < 4.78 is 27.9. The zero-order valence-corrected chi connectivity index (χ0v) is 20.7. The largest absolute Gasteiger partial charge is 0.481 e. The number of benzene rings is 2. The van der Waals surface area contributed by atoms with E-state index < -0.39 is 50.7 Å². The molecule has 0 aromatic heterocycles. The highest BCUT2D eigenvalue weighted by Gasteiger charge is 2.32. The molecule has 4 N–H and O–H groups in total. The molecule has 0 aliphatic heterocycles. The van der Waals surface area contributed by atoms with Gasteiger partial charge in [0.05, 0.1) is 15.7 Å². The highest BCUT2D eigenvalue weighted by Crippen LogP contribution is 2.29. The second kappa shape index (κ2) is 11.4. The third kappa shape index (κ3) is 7.03. The number of anilines is 1. The van der Waals surface area contributed by atoms with Gasteiger partial charge in [-0.05, 0) is 55.9 Å². The molecule has 0 spiro atoms. The first kappa shape index (κ1) is 27.6. The van der Waals surface area contributed by atoms with E-state index in [1.807, 2.05) is 0 Å². The minimum absolute atomic E-state index is 0.0530.